The van der Waals surface area contributed by atoms with Gasteiger partial charge in [0, 0.05) is 9.50 Å². The Balaban J connectivity index is 2.14. The summed E-state index contributed by atoms with van der Waals surface area (Å²) in [6.07, 6.45) is 0.660. The van der Waals surface area contributed by atoms with Gasteiger partial charge in [0.2, 0.25) is 0 Å². The molecule has 3 nitrogen and oxygen atoms in total. The van der Waals surface area contributed by atoms with Crippen LogP contribution >= 0.6 is 27.5 Å². The third-order valence-corrected chi connectivity index (χ3v) is 4.00. The molecule has 5 heteroatoms. The Hall–Kier alpha value is -0.580. The van der Waals surface area contributed by atoms with E-state index in [1.807, 2.05) is 6.92 Å². The molecule has 1 aromatic carbocycles. The third kappa shape index (κ3) is 2.49. The minimum atomic E-state index is -0.708. The minimum absolute atomic E-state index is 0.0995. The molecule has 0 saturated carbocycles. The summed E-state index contributed by atoms with van der Waals surface area (Å²) < 4.78 is 0.721. The maximum absolute atomic E-state index is 12.1. The van der Waals surface area contributed by atoms with Crippen LogP contribution in [-0.4, -0.2) is 34.6 Å². The summed E-state index contributed by atoms with van der Waals surface area (Å²) in [7, 11) is 0. The van der Waals surface area contributed by atoms with Crippen LogP contribution in [0.25, 0.3) is 0 Å². The first kappa shape index (κ1) is 12.9. The number of benzene rings is 1. The summed E-state index contributed by atoms with van der Waals surface area (Å²) in [5.41, 5.74) is -0.170. The first-order valence-corrected chi connectivity index (χ1v) is 6.59. The molecular weight excluding hydrogens is 305 g/mol. The highest BCUT2D eigenvalue weighted by Crippen LogP contribution is 2.29. The standard InChI is InChI=1S/C12H13BrClNO2/c1-2-12(17)6-15(7-12)11(16)9-5-8(14)3-4-10(9)13/h3-5,17H,2,6-7H2,1H3. The van der Waals surface area contributed by atoms with Gasteiger partial charge in [0.1, 0.15) is 0 Å². The summed E-state index contributed by atoms with van der Waals surface area (Å²) in [6.45, 7) is 2.69. The van der Waals surface area contributed by atoms with Gasteiger partial charge in [0.15, 0.2) is 0 Å². The fourth-order valence-electron chi connectivity index (χ4n) is 1.86. The molecule has 0 aromatic heterocycles. The highest BCUT2D eigenvalue weighted by molar-refractivity contribution is 9.10. The minimum Gasteiger partial charge on any atom is -0.386 e. The predicted octanol–water partition coefficient (Wildman–Crippen LogP) is 2.70. The van der Waals surface area contributed by atoms with E-state index in [9.17, 15) is 9.90 Å². The Morgan fingerprint density at radius 1 is 1.59 bits per heavy atom. The lowest BCUT2D eigenvalue weighted by molar-refractivity contribution is -0.0826. The lowest BCUT2D eigenvalue weighted by Crippen LogP contribution is -2.63. The highest BCUT2D eigenvalue weighted by atomic mass is 79.9. The molecule has 0 radical (unpaired) electrons. The zero-order valence-electron chi connectivity index (χ0n) is 9.41. The van der Waals surface area contributed by atoms with E-state index < -0.39 is 5.60 Å². The summed E-state index contributed by atoms with van der Waals surface area (Å²) in [6, 6.07) is 5.11. The van der Waals surface area contributed by atoms with Gasteiger partial charge in [-0.3, -0.25) is 4.79 Å². The lowest BCUT2D eigenvalue weighted by atomic mass is 9.90. The van der Waals surface area contributed by atoms with Crippen LogP contribution in [-0.2, 0) is 0 Å². The number of likely N-dealkylation sites (tertiary alicyclic amines) is 1. The van der Waals surface area contributed by atoms with Gasteiger partial charge in [-0.1, -0.05) is 18.5 Å². The zero-order valence-corrected chi connectivity index (χ0v) is 11.8. The highest BCUT2D eigenvalue weighted by Gasteiger charge is 2.42. The van der Waals surface area contributed by atoms with Crippen LogP contribution in [0.5, 0.6) is 0 Å². The topological polar surface area (TPSA) is 40.5 Å². The van der Waals surface area contributed by atoms with Gasteiger partial charge in [-0.25, -0.2) is 0 Å². The molecule has 1 N–H and O–H groups in total. The van der Waals surface area contributed by atoms with E-state index in [2.05, 4.69) is 15.9 Å². The second kappa shape index (κ2) is 4.59. The van der Waals surface area contributed by atoms with Crippen LogP contribution in [0.15, 0.2) is 22.7 Å². The maximum Gasteiger partial charge on any atom is 0.255 e. The monoisotopic (exact) mass is 317 g/mol. The van der Waals surface area contributed by atoms with Crippen LogP contribution in [0, 0.1) is 0 Å². The smallest absolute Gasteiger partial charge is 0.255 e. The molecule has 1 aliphatic heterocycles. The number of rotatable bonds is 2. The number of β-amino-alcohol motifs (C(OH)–C–C–N with tert-alkyl or cyclic N) is 1. The number of aliphatic hydroxyl groups is 1. The summed E-state index contributed by atoms with van der Waals surface area (Å²) in [5.74, 6) is -0.0995. The molecule has 1 saturated heterocycles. The molecule has 1 aromatic rings. The second-order valence-corrected chi connectivity index (χ2v) is 5.65. The van der Waals surface area contributed by atoms with E-state index in [-0.39, 0.29) is 5.91 Å². The number of hydrogen-bond acceptors (Lipinski definition) is 2. The largest absolute Gasteiger partial charge is 0.386 e. The Kier molecular flexibility index (Phi) is 3.48. The van der Waals surface area contributed by atoms with Crippen molar-refractivity contribution in [3.63, 3.8) is 0 Å². The van der Waals surface area contributed by atoms with Crippen LogP contribution in [0.2, 0.25) is 5.02 Å². The lowest BCUT2D eigenvalue weighted by Gasteiger charge is -2.46. The van der Waals surface area contributed by atoms with E-state index in [4.69, 9.17) is 11.6 Å². The Labute approximate surface area is 114 Å². The zero-order chi connectivity index (χ0) is 12.6. The molecule has 0 unspecified atom stereocenters. The molecule has 0 atom stereocenters. The molecule has 1 fully saturated rings. The normalized spacial score (nSPS) is 17.8. The van der Waals surface area contributed by atoms with Gasteiger partial charge in [-0.2, -0.15) is 0 Å². The van der Waals surface area contributed by atoms with Crippen LogP contribution in [0.1, 0.15) is 23.7 Å². The van der Waals surface area contributed by atoms with Crippen molar-refractivity contribution in [1.29, 1.82) is 0 Å². The first-order chi connectivity index (χ1) is 7.95. The fourth-order valence-corrected chi connectivity index (χ4v) is 2.45. The van der Waals surface area contributed by atoms with Crippen LogP contribution in [0.3, 0.4) is 0 Å². The van der Waals surface area contributed by atoms with E-state index >= 15 is 0 Å². The quantitative estimate of drug-likeness (QED) is 0.911. The molecule has 1 heterocycles. The molecule has 2 rings (SSSR count). The van der Waals surface area contributed by atoms with Gasteiger partial charge in [0.25, 0.3) is 5.91 Å². The number of nitrogens with zero attached hydrogens (tertiary/aromatic N) is 1. The average molecular weight is 319 g/mol. The molecule has 1 aliphatic rings. The van der Waals surface area contributed by atoms with Crippen molar-refractivity contribution in [3.05, 3.63) is 33.3 Å². The van der Waals surface area contributed by atoms with Gasteiger partial charge < -0.3 is 10.0 Å². The van der Waals surface area contributed by atoms with Crippen molar-refractivity contribution in [1.82, 2.24) is 4.90 Å². The molecule has 92 valence electrons. The summed E-state index contributed by atoms with van der Waals surface area (Å²) in [4.78, 5) is 13.8. The van der Waals surface area contributed by atoms with E-state index in [0.717, 1.165) is 4.47 Å². The summed E-state index contributed by atoms with van der Waals surface area (Å²) >= 11 is 9.20. The van der Waals surface area contributed by atoms with Crippen molar-refractivity contribution < 1.29 is 9.90 Å². The number of amides is 1. The Morgan fingerprint density at radius 3 is 2.82 bits per heavy atom. The SMILES string of the molecule is CCC1(O)CN(C(=O)c2cc(Cl)ccc2Br)C1. The van der Waals surface area contributed by atoms with E-state index in [1.165, 1.54) is 0 Å². The van der Waals surface area contributed by atoms with Crippen molar-refractivity contribution in [3.8, 4) is 0 Å². The third-order valence-electron chi connectivity index (χ3n) is 3.07. The molecule has 17 heavy (non-hydrogen) atoms. The molecule has 0 spiro atoms. The first-order valence-electron chi connectivity index (χ1n) is 5.42. The molecule has 1 amide bonds. The molecule has 0 aliphatic carbocycles. The fraction of sp³-hybridized carbons (Fsp3) is 0.417. The van der Waals surface area contributed by atoms with E-state index in [1.54, 1.807) is 23.1 Å². The Bertz CT molecular complexity index is 458. The maximum atomic E-state index is 12.1. The molecular formula is C12H13BrClNO2. The van der Waals surface area contributed by atoms with Crippen molar-refractivity contribution >= 4 is 33.4 Å². The predicted molar refractivity (Wildman–Crippen MR) is 70.3 cm³/mol. The number of carbonyl (C=O) groups is 1. The summed E-state index contributed by atoms with van der Waals surface area (Å²) in [5, 5.41) is 10.4. The van der Waals surface area contributed by atoms with Crippen LogP contribution in [0.4, 0.5) is 0 Å². The van der Waals surface area contributed by atoms with Gasteiger partial charge in [-0.15, -0.1) is 0 Å². The van der Waals surface area contributed by atoms with Crippen molar-refractivity contribution in [2.24, 2.45) is 0 Å². The van der Waals surface area contributed by atoms with Crippen molar-refractivity contribution in [2.75, 3.05) is 13.1 Å². The number of hydrogen-bond donors (Lipinski definition) is 1. The number of halogens is 2. The molecule has 0 bridgehead atoms. The Morgan fingerprint density at radius 2 is 2.24 bits per heavy atom. The van der Waals surface area contributed by atoms with Gasteiger partial charge in [-0.05, 0) is 40.5 Å². The average Bonchev–Trinajstić information content (AvgIpc) is 2.27. The van der Waals surface area contributed by atoms with Crippen LogP contribution < -0.4 is 0 Å². The van der Waals surface area contributed by atoms with Crippen molar-refractivity contribution in [2.45, 2.75) is 18.9 Å². The van der Waals surface area contributed by atoms with Gasteiger partial charge in [0.05, 0.1) is 24.3 Å². The van der Waals surface area contributed by atoms with E-state index in [0.29, 0.717) is 30.1 Å². The number of carbonyl (C=O) groups excluding carboxylic acids is 1. The second-order valence-electron chi connectivity index (χ2n) is 4.36. The van der Waals surface area contributed by atoms with Gasteiger partial charge >= 0.3 is 0 Å².